The van der Waals surface area contributed by atoms with Gasteiger partial charge in [-0.2, -0.15) is 0 Å². The van der Waals surface area contributed by atoms with Crippen molar-refractivity contribution in [2.24, 2.45) is 17.3 Å². The zero-order chi connectivity index (χ0) is 19.7. The van der Waals surface area contributed by atoms with E-state index in [0.29, 0.717) is 11.8 Å². The number of amides is 1. The van der Waals surface area contributed by atoms with Gasteiger partial charge in [-0.05, 0) is 62.5 Å². The maximum absolute atomic E-state index is 13.5. The Bertz CT molecular complexity index is 716. The van der Waals surface area contributed by atoms with Crippen LogP contribution in [0.4, 0.5) is 0 Å². The van der Waals surface area contributed by atoms with Crippen molar-refractivity contribution in [3.8, 4) is 0 Å². The molecule has 0 spiro atoms. The van der Waals surface area contributed by atoms with Gasteiger partial charge < -0.3 is 10.4 Å². The van der Waals surface area contributed by atoms with Crippen molar-refractivity contribution in [1.29, 1.82) is 0 Å². The minimum Gasteiger partial charge on any atom is -0.480 e. The monoisotopic (exact) mass is 384 g/mol. The van der Waals surface area contributed by atoms with E-state index >= 15 is 0 Å². The van der Waals surface area contributed by atoms with Crippen molar-refractivity contribution < 1.29 is 14.7 Å². The molecule has 1 aromatic carbocycles. The Morgan fingerprint density at radius 3 is 2.50 bits per heavy atom. The third kappa shape index (κ3) is 3.69. The molecule has 3 aliphatic rings. The highest BCUT2D eigenvalue weighted by Crippen LogP contribution is 2.57. The summed E-state index contributed by atoms with van der Waals surface area (Å²) in [6.45, 7) is 2.82. The number of carboxylic acid groups (broad SMARTS) is 1. The van der Waals surface area contributed by atoms with Crippen LogP contribution in [0, 0.1) is 17.3 Å². The normalized spacial score (nSPS) is 33.6. The number of hydrogen-bond donors (Lipinski definition) is 2. The van der Waals surface area contributed by atoms with Crippen LogP contribution in [0.5, 0.6) is 0 Å². The number of rotatable bonds is 8. The number of hydrogen-bond acceptors (Lipinski definition) is 3. The number of benzene rings is 1. The van der Waals surface area contributed by atoms with Gasteiger partial charge in [-0.25, -0.2) is 0 Å². The Labute approximate surface area is 167 Å². The summed E-state index contributed by atoms with van der Waals surface area (Å²) in [6.07, 6.45) is 7.26. The molecule has 2 N–H and O–H groups in total. The molecule has 28 heavy (non-hydrogen) atoms. The molecule has 0 aromatic heterocycles. The fraction of sp³-hybridized carbons (Fsp3) is 0.652. The molecule has 1 aromatic rings. The molecule has 3 saturated carbocycles. The third-order valence-electron chi connectivity index (χ3n) is 7.50. The lowest BCUT2D eigenvalue weighted by Gasteiger charge is -2.44. The van der Waals surface area contributed by atoms with Gasteiger partial charge in [0.15, 0.2) is 0 Å². The van der Waals surface area contributed by atoms with Crippen LogP contribution < -0.4 is 5.32 Å². The molecule has 3 atom stereocenters. The number of aliphatic carboxylic acids is 1. The van der Waals surface area contributed by atoms with Crippen molar-refractivity contribution in [2.45, 2.75) is 64.0 Å². The molecule has 0 radical (unpaired) electrons. The standard InChI is InChI=1S/C23H32N2O3/c1-2-25(15-21(26)27)20-11-19(12-20)24-22(28)23(13-16-6-4-3-5-7-16)14-17-8-9-18(23)10-17/h3-7,17-20H,2,8-15H2,1H3,(H,24,28)(H,26,27). The number of carbonyl (C=O) groups excluding carboxylic acids is 1. The Morgan fingerprint density at radius 2 is 1.93 bits per heavy atom. The summed E-state index contributed by atoms with van der Waals surface area (Å²) in [6, 6.07) is 10.9. The molecule has 4 rings (SSSR count). The van der Waals surface area contributed by atoms with Crippen LogP contribution in [0.1, 0.15) is 51.0 Å². The predicted octanol–water partition coefficient (Wildman–Crippen LogP) is 3.09. The smallest absolute Gasteiger partial charge is 0.317 e. The van der Waals surface area contributed by atoms with E-state index in [1.54, 1.807) is 0 Å². The third-order valence-corrected chi connectivity index (χ3v) is 7.50. The summed E-state index contributed by atoms with van der Waals surface area (Å²) < 4.78 is 0. The fourth-order valence-corrected chi connectivity index (χ4v) is 5.98. The van der Waals surface area contributed by atoms with E-state index in [4.69, 9.17) is 5.11 Å². The number of likely N-dealkylation sites (N-methyl/N-ethyl adjacent to an activating group) is 1. The van der Waals surface area contributed by atoms with Crippen molar-refractivity contribution in [3.63, 3.8) is 0 Å². The van der Waals surface area contributed by atoms with Gasteiger partial charge in [0.1, 0.15) is 0 Å². The quantitative estimate of drug-likeness (QED) is 0.723. The predicted molar refractivity (Wildman–Crippen MR) is 108 cm³/mol. The van der Waals surface area contributed by atoms with Crippen molar-refractivity contribution in [3.05, 3.63) is 35.9 Å². The molecule has 152 valence electrons. The maximum atomic E-state index is 13.5. The highest BCUT2D eigenvalue weighted by atomic mass is 16.4. The molecule has 0 saturated heterocycles. The van der Waals surface area contributed by atoms with Gasteiger partial charge >= 0.3 is 5.97 Å². The van der Waals surface area contributed by atoms with E-state index in [1.807, 2.05) is 17.9 Å². The average Bonchev–Trinajstić information content (AvgIpc) is 3.25. The van der Waals surface area contributed by atoms with E-state index in [-0.39, 0.29) is 30.0 Å². The summed E-state index contributed by atoms with van der Waals surface area (Å²) in [7, 11) is 0. The minimum atomic E-state index is -0.780. The van der Waals surface area contributed by atoms with E-state index in [0.717, 1.165) is 32.2 Å². The van der Waals surface area contributed by atoms with Crippen molar-refractivity contribution in [1.82, 2.24) is 10.2 Å². The van der Waals surface area contributed by atoms with Gasteiger partial charge in [-0.3, -0.25) is 14.5 Å². The zero-order valence-corrected chi connectivity index (χ0v) is 16.8. The van der Waals surface area contributed by atoms with Crippen LogP contribution in [0.2, 0.25) is 0 Å². The number of nitrogens with one attached hydrogen (secondary N) is 1. The Balaban J connectivity index is 1.40. The number of carboxylic acids is 1. The van der Waals surface area contributed by atoms with E-state index in [2.05, 4.69) is 29.6 Å². The highest BCUT2D eigenvalue weighted by Gasteiger charge is 2.55. The molecule has 5 nitrogen and oxygen atoms in total. The van der Waals surface area contributed by atoms with Gasteiger partial charge in [0.2, 0.25) is 5.91 Å². The Morgan fingerprint density at radius 1 is 1.18 bits per heavy atom. The van der Waals surface area contributed by atoms with E-state index < -0.39 is 5.97 Å². The molecule has 0 aliphatic heterocycles. The Hall–Kier alpha value is -1.88. The van der Waals surface area contributed by atoms with Gasteiger partial charge in [-0.1, -0.05) is 43.7 Å². The molecule has 3 unspecified atom stereocenters. The first-order chi connectivity index (χ1) is 13.5. The minimum absolute atomic E-state index is 0.0868. The van der Waals surface area contributed by atoms with E-state index in [1.165, 1.54) is 24.8 Å². The summed E-state index contributed by atoms with van der Waals surface area (Å²) in [5.41, 5.74) is 1.01. The second kappa shape index (κ2) is 7.86. The van der Waals surface area contributed by atoms with Crippen LogP contribution in [0.3, 0.4) is 0 Å². The highest BCUT2D eigenvalue weighted by molar-refractivity contribution is 5.84. The van der Waals surface area contributed by atoms with Gasteiger partial charge in [-0.15, -0.1) is 0 Å². The first kappa shape index (κ1) is 19.4. The molecular weight excluding hydrogens is 352 g/mol. The average molecular weight is 385 g/mol. The second-order valence-corrected chi connectivity index (χ2v) is 9.15. The largest absolute Gasteiger partial charge is 0.480 e. The topological polar surface area (TPSA) is 69.6 Å². The summed E-state index contributed by atoms with van der Waals surface area (Å²) in [5, 5.41) is 12.4. The van der Waals surface area contributed by atoms with Crippen LogP contribution in [-0.2, 0) is 16.0 Å². The van der Waals surface area contributed by atoms with Crippen molar-refractivity contribution >= 4 is 11.9 Å². The van der Waals surface area contributed by atoms with Crippen molar-refractivity contribution in [2.75, 3.05) is 13.1 Å². The van der Waals surface area contributed by atoms with Crippen LogP contribution in [0.15, 0.2) is 30.3 Å². The second-order valence-electron chi connectivity index (χ2n) is 9.15. The van der Waals surface area contributed by atoms with Gasteiger partial charge in [0.05, 0.1) is 12.0 Å². The summed E-state index contributed by atoms with van der Waals surface area (Å²) in [4.78, 5) is 26.5. The summed E-state index contributed by atoms with van der Waals surface area (Å²) in [5.74, 6) is 0.680. The van der Waals surface area contributed by atoms with E-state index in [9.17, 15) is 9.59 Å². The lowest BCUT2D eigenvalue weighted by molar-refractivity contribution is -0.141. The SMILES string of the molecule is CCN(CC(=O)O)C1CC(NC(=O)C2(Cc3ccccc3)CC3CCC2C3)C1. The molecule has 3 fully saturated rings. The first-order valence-corrected chi connectivity index (χ1v) is 10.8. The molecule has 0 heterocycles. The maximum Gasteiger partial charge on any atom is 0.317 e. The Kier molecular flexibility index (Phi) is 5.46. The lowest BCUT2D eigenvalue weighted by Crippen LogP contribution is -2.58. The fourth-order valence-electron chi connectivity index (χ4n) is 5.98. The number of nitrogens with zero attached hydrogens (tertiary/aromatic N) is 1. The molecular formula is C23H32N2O3. The van der Waals surface area contributed by atoms with Gasteiger partial charge in [0.25, 0.3) is 0 Å². The van der Waals surface area contributed by atoms with Gasteiger partial charge in [0, 0.05) is 12.1 Å². The van der Waals surface area contributed by atoms with Crippen LogP contribution in [0.25, 0.3) is 0 Å². The molecule has 1 amide bonds. The number of fused-ring (bicyclic) bond motifs is 2. The van der Waals surface area contributed by atoms with Crippen LogP contribution >= 0.6 is 0 Å². The molecule has 2 bridgehead atoms. The molecule has 5 heteroatoms. The molecule has 3 aliphatic carbocycles. The lowest BCUT2D eigenvalue weighted by atomic mass is 9.68. The first-order valence-electron chi connectivity index (χ1n) is 10.8. The summed E-state index contributed by atoms with van der Waals surface area (Å²) >= 11 is 0. The van der Waals surface area contributed by atoms with Crippen LogP contribution in [-0.4, -0.2) is 47.1 Å². The zero-order valence-electron chi connectivity index (χ0n) is 16.8. The number of carbonyl (C=O) groups is 2.